The van der Waals surface area contributed by atoms with Crippen LogP contribution in [0.5, 0.6) is 0 Å². The number of aliphatic hydroxyl groups is 1. The third-order valence-electron chi connectivity index (χ3n) is 5.38. The van der Waals surface area contributed by atoms with Crippen LogP contribution in [0.1, 0.15) is 19.0 Å². The van der Waals surface area contributed by atoms with Crippen LogP contribution < -0.4 is 10.2 Å². The molecule has 3 heterocycles. The lowest BCUT2D eigenvalue weighted by Gasteiger charge is -2.35. The highest BCUT2D eigenvalue weighted by atomic mass is 19.3. The van der Waals surface area contributed by atoms with Crippen LogP contribution in [-0.2, 0) is 13.1 Å². The molecule has 12 heteroatoms. The van der Waals surface area contributed by atoms with Gasteiger partial charge in [0.15, 0.2) is 23.7 Å². The van der Waals surface area contributed by atoms with Crippen LogP contribution in [0.2, 0.25) is 0 Å². The Morgan fingerprint density at radius 2 is 1.93 bits per heavy atom. The third-order valence-corrected chi connectivity index (χ3v) is 5.38. The summed E-state index contributed by atoms with van der Waals surface area (Å²) in [5.74, 6) is -7.79. The highest BCUT2D eigenvalue weighted by molar-refractivity contribution is 5.89. The monoisotopic (exact) mass is 431 g/mol. The molecule has 1 saturated heterocycles. The Morgan fingerprint density at radius 3 is 2.53 bits per heavy atom. The first-order valence-electron chi connectivity index (χ1n) is 9.18. The van der Waals surface area contributed by atoms with E-state index < -0.39 is 42.1 Å². The van der Waals surface area contributed by atoms with Crippen LogP contribution in [0.3, 0.4) is 0 Å². The SMILES string of the molecule is C[C@H]1Cn2ncc(N3CCC(F)(F)C3O)c2CN1C(=O)Nc1cc(F)c(F)c(F)c1. The van der Waals surface area contributed by atoms with E-state index in [9.17, 15) is 31.9 Å². The molecule has 0 saturated carbocycles. The fraction of sp³-hybridized carbons (Fsp3) is 0.444. The van der Waals surface area contributed by atoms with E-state index in [4.69, 9.17) is 0 Å². The molecule has 1 fully saturated rings. The van der Waals surface area contributed by atoms with Gasteiger partial charge in [-0.15, -0.1) is 0 Å². The van der Waals surface area contributed by atoms with E-state index in [1.807, 2.05) is 0 Å². The highest BCUT2D eigenvalue weighted by Gasteiger charge is 2.49. The molecule has 2 aliphatic rings. The molecule has 1 unspecified atom stereocenters. The molecule has 2 aromatic rings. The van der Waals surface area contributed by atoms with E-state index in [-0.39, 0.29) is 37.1 Å². The summed E-state index contributed by atoms with van der Waals surface area (Å²) in [6.07, 6.45) is -1.15. The number of rotatable bonds is 2. The number of aromatic nitrogens is 2. The Bertz CT molecular complexity index is 974. The first kappa shape index (κ1) is 20.4. The molecule has 0 spiro atoms. The summed E-state index contributed by atoms with van der Waals surface area (Å²) in [6, 6.07) is 0.218. The van der Waals surface area contributed by atoms with Gasteiger partial charge in [-0.25, -0.2) is 26.7 Å². The smallest absolute Gasteiger partial charge is 0.322 e. The van der Waals surface area contributed by atoms with Crippen molar-refractivity contribution in [2.75, 3.05) is 16.8 Å². The highest BCUT2D eigenvalue weighted by Crippen LogP contribution is 2.38. The quantitative estimate of drug-likeness (QED) is 0.567. The lowest BCUT2D eigenvalue weighted by molar-refractivity contribution is -0.0842. The molecule has 30 heavy (non-hydrogen) atoms. The van der Waals surface area contributed by atoms with Gasteiger partial charge in [-0.3, -0.25) is 4.68 Å². The molecule has 2 amide bonds. The zero-order valence-corrected chi connectivity index (χ0v) is 15.7. The van der Waals surface area contributed by atoms with Gasteiger partial charge in [-0.1, -0.05) is 0 Å². The Hall–Kier alpha value is -2.89. The summed E-state index contributed by atoms with van der Waals surface area (Å²) in [7, 11) is 0. The number of aliphatic hydroxyl groups excluding tert-OH is 1. The van der Waals surface area contributed by atoms with Crippen LogP contribution in [0.15, 0.2) is 18.3 Å². The second kappa shape index (κ2) is 7.11. The minimum Gasteiger partial charge on any atom is -0.368 e. The number of benzene rings is 1. The van der Waals surface area contributed by atoms with Gasteiger partial charge < -0.3 is 20.2 Å². The summed E-state index contributed by atoms with van der Waals surface area (Å²) in [5.41, 5.74) is 0.456. The lowest BCUT2D eigenvalue weighted by atomic mass is 10.2. The number of halogens is 5. The van der Waals surface area contributed by atoms with Crippen molar-refractivity contribution in [2.24, 2.45) is 0 Å². The Labute approximate surface area is 167 Å². The van der Waals surface area contributed by atoms with Crippen molar-refractivity contribution < 1.29 is 31.9 Å². The van der Waals surface area contributed by atoms with Crippen molar-refractivity contribution in [3.63, 3.8) is 0 Å². The maximum atomic E-state index is 13.7. The average Bonchev–Trinajstić information content (AvgIpc) is 3.19. The van der Waals surface area contributed by atoms with Gasteiger partial charge in [-0.2, -0.15) is 5.10 Å². The first-order chi connectivity index (χ1) is 14.1. The minimum absolute atomic E-state index is 0.0384. The first-order valence-corrected chi connectivity index (χ1v) is 9.18. The molecule has 0 bridgehead atoms. The molecule has 7 nitrogen and oxygen atoms in total. The van der Waals surface area contributed by atoms with Gasteiger partial charge in [0.2, 0.25) is 0 Å². The fourth-order valence-corrected chi connectivity index (χ4v) is 3.72. The van der Waals surface area contributed by atoms with Crippen molar-refractivity contribution in [3.05, 3.63) is 41.5 Å². The van der Waals surface area contributed by atoms with Crippen molar-refractivity contribution in [1.29, 1.82) is 0 Å². The molecule has 0 radical (unpaired) electrons. The number of carbonyl (C=O) groups excluding carboxylic acids is 1. The van der Waals surface area contributed by atoms with Crippen molar-refractivity contribution in [3.8, 4) is 0 Å². The largest absolute Gasteiger partial charge is 0.368 e. The van der Waals surface area contributed by atoms with E-state index >= 15 is 0 Å². The van der Waals surface area contributed by atoms with Gasteiger partial charge in [0.05, 0.1) is 36.7 Å². The summed E-state index contributed by atoms with van der Waals surface area (Å²) in [6.45, 7) is 1.84. The van der Waals surface area contributed by atoms with Crippen LogP contribution in [0, 0.1) is 17.5 Å². The number of hydrogen-bond donors (Lipinski definition) is 2. The lowest BCUT2D eigenvalue weighted by Crippen LogP contribution is -2.47. The minimum atomic E-state index is -3.26. The van der Waals surface area contributed by atoms with E-state index in [1.54, 1.807) is 11.6 Å². The van der Waals surface area contributed by atoms with Crippen molar-refractivity contribution in [2.45, 2.75) is 44.6 Å². The number of hydrogen-bond acceptors (Lipinski definition) is 4. The van der Waals surface area contributed by atoms with Gasteiger partial charge >= 0.3 is 6.03 Å². The normalized spacial score (nSPS) is 22.9. The predicted octanol–water partition coefficient (Wildman–Crippen LogP) is 2.90. The maximum Gasteiger partial charge on any atom is 0.322 e. The van der Waals surface area contributed by atoms with E-state index in [2.05, 4.69) is 10.4 Å². The summed E-state index contributed by atoms with van der Waals surface area (Å²) in [5, 5.41) is 16.4. The van der Waals surface area contributed by atoms with Gasteiger partial charge in [0.1, 0.15) is 0 Å². The third kappa shape index (κ3) is 3.34. The van der Waals surface area contributed by atoms with Crippen molar-refractivity contribution >= 4 is 17.4 Å². The maximum absolute atomic E-state index is 13.7. The second-order valence-corrected chi connectivity index (χ2v) is 7.40. The van der Waals surface area contributed by atoms with Crippen LogP contribution >= 0.6 is 0 Å². The summed E-state index contributed by atoms with van der Waals surface area (Å²) >= 11 is 0. The molecule has 0 aliphatic carbocycles. The van der Waals surface area contributed by atoms with Crippen LogP contribution in [0.25, 0.3) is 0 Å². The van der Waals surface area contributed by atoms with Crippen molar-refractivity contribution in [1.82, 2.24) is 14.7 Å². The zero-order chi connectivity index (χ0) is 21.8. The number of urea groups is 1. The number of amides is 2. The Morgan fingerprint density at radius 1 is 1.27 bits per heavy atom. The second-order valence-electron chi connectivity index (χ2n) is 7.40. The molecule has 1 aromatic carbocycles. The van der Waals surface area contributed by atoms with Gasteiger partial charge in [-0.05, 0) is 6.92 Å². The van der Waals surface area contributed by atoms with E-state index in [1.165, 1.54) is 11.1 Å². The predicted molar refractivity (Wildman–Crippen MR) is 95.5 cm³/mol. The average molecular weight is 431 g/mol. The number of fused-ring (bicyclic) bond motifs is 1. The van der Waals surface area contributed by atoms with E-state index in [0.29, 0.717) is 17.8 Å². The number of nitrogens with one attached hydrogen (secondary N) is 1. The summed E-state index contributed by atoms with van der Waals surface area (Å²) < 4.78 is 69.0. The molecule has 2 aliphatic heterocycles. The van der Waals surface area contributed by atoms with E-state index in [0.717, 1.165) is 4.90 Å². The molecular weight excluding hydrogens is 413 g/mol. The molecule has 1 aromatic heterocycles. The Kier molecular flexibility index (Phi) is 4.83. The molecule has 2 atom stereocenters. The zero-order valence-electron chi connectivity index (χ0n) is 15.7. The molecule has 162 valence electrons. The number of anilines is 2. The topological polar surface area (TPSA) is 73.6 Å². The number of carbonyl (C=O) groups is 1. The van der Waals surface area contributed by atoms with Gasteiger partial charge in [0, 0.05) is 30.8 Å². The molecule has 2 N–H and O–H groups in total. The molecule has 4 rings (SSSR count). The standard InChI is InChI=1S/C18H18F5N5O2/c1-9-7-28-14(13(6-24-28)26-3-2-18(22,23)16(26)29)8-27(9)17(30)25-10-4-11(19)15(21)12(20)5-10/h4-6,9,16,29H,2-3,7-8H2,1H3,(H,25,30)/t9-,16?/m0/s1. The number of alkyl halides is 2. The number of nitrogens with zero attached hydrogens (tertiary/aromatic N) is 4. The van der Waals surface area contributed by atoms with Gasteiger partial charge in [0.25, 0.3) is 5.92 Å². The Balaban J connectivity index is 1.56. The molecular formula is C18H18F5N5O2. The van der Waals surface area contributed by atoms with Crippen LogP contribution in [-0.4, -0.2) is 50.6 Å². The fourth-order valence-electron chi connectivity index (χ4n) is 3.72. The summed E-state index contributed by atoms with van der Waals surface area (Å²) in [4.78, 5) is 15.1. The van der Waals surface area contributed by atoms with Crippen LogP contribution in [0.4, 0.5) is 38.1 Å².